The molecule has 5 heteroatoms. The van der Waals surface area contributed by atoms with E-state index < -0.39 is 0 Å². The summed E-state index contributed by atoms with van der Waals surface area (Å²) in [5.41, 5.74) is 0.943. The minimum atomic E-state index is -0.147. The molecule has 1 aromatic rings. The van der Waals surface area contributed by atoms with Gasteiger partial charge in [-0.2, -0.15) is 0 Å². The van der Waals surface area contributed by atoms with Gasteiger partial charge in [0.1, 0.15) is 6.10 Å². The second kappa shape index (κ2) is 6.37. The standard InChI is InChI=1S/C14H19ClN2O2/c1-10-9-19-13(8-17(10)14(18)7-16-2)11-5-3-4-6-12(11)15/h3-6,10,13,16H,7-9H2,1-2H3. The average Bonchev–Trinajstić information content (AvgIpc) is 2.40. The second-order valence-corrected chi connectivity index (χ2v) is 5.18. The molecule has 1 aliphatic heterocycles. The first-order valence-corrected chi connectivity index (χ1v) is 6.81. The summed E-state index contributed by atoms with van der Waals surface area (Å²) in [4.78, 5) is 13.9. The maximum Gasteiger partial charge on any atom is 0.236 e. The summed E-state index contributed by atoms with van der Waals surface area (Å²) in [5.74, 6) is 0.0929. The van der Waals surface area contributed by atoms with Crippen molar-refractivity contribution in [1.29, 1.82) is 0 Å². The van der Waals surface area contributed by atoms with Crippen molar-refractivity contribution in [3.8, 4) is 0 Å². The Labute approximate surface area is 118 Å². The molecule has 2 atom stereocenters. The number of amides is 1. The molecule has 19 heavy (non-hydrogen) atoms. The quantitative estimate of drug-likeness (QED) is 0.920. The van der Waals surface area contributed by atoms with Gasteiger partial charge < -0.3 is 15.0 Å². The molecule has 2 rings (SSSR count). The van der Waals surface area contributed by atoms with E-state index >= 15 is 0 Å². The summed E-state index contributed by atoms with van der Waals surface area (Å²) >= 11 is 6.19. The summed E-state index contributed by atoms with van der Waals surface area (Å²) < 4.78 is 5.82. The van der Waals surface area contributed by atoms with E-state index in [9.17, 15) is 4.79 Å². The Balaban J connectivity index is 2.13. The molecule has 0 spiro atoms. The third-order valence-electron chi connectivity index (χ3n) is 3.33. The number of nitrogens with zero attached hydrogens (tertiary/aromatic N) is 1. The van der Waals surface area contributed by atoms with E-state index in [1.54, 1.807) is 7.05 Å². The number of likely N-dealkylation sites (N-methyl/N-ethyl adjacent to an activating group) is 1. The van der Waals surface area contributed by atoms with Crippen molar-refractivity contribution in [2.45, 2.75) is 19.1 Å². The highest BCUT2D eigenvalue weighted by Crippen LogP contribution is 2.29. The molecule has 0 aromatic heterocycles. The van der Waals surface area contributed by atoms with E-state index in [0.717, 1.165) is 5.56 Å². The van der Waals surface area contributed by atoms with Crippen LogP contribution in [0.4, 0.5) is 0 Å². The van der Waals surface area contributed by atoms with Gasteiger partial charge in [0.2, 0.25) is 5.91 Å². The van der Waals surface area contributed by atoms with Gasteiger partial charge in [-0.1, -0.05) is 29.8 Å². The van der Waals surface area contributed by atoms with Gasteiger partial charge in [0.25, 0.3) is 0 Å². The molecule has 1 aliphatic rings. The predicted molar refractivity (Wildman–Crippen MR) is 75.2 cm³/mol. The number of hydrogen-bond acceptors (Lipinski definition) is 3. The highest BCUT2D eigenvalue weighted by molar-refractivity contribution is 6.31. The van der Waals surface area contributed by atoms with E-state index in [-0.39, 0.29) is 18.1 Å². The number of benzene rings is 1. The molecule has 1 saturated heterocycles. The van der Waals surface area contributed by atoms with Crippen LogP contribution in [-0.4, -0.2) is 43.6 Å². The lowest BCUT2D eigenvalue weighted by atomic mass is 10.1. The molecule has 4 nitrogen and oxygen atoms in total. The van der Waals surface area contributed by atoms with Gasteiger partial charge in [-0.3, -0.25) is 4.79 Å². The van der Waals surface area contributed by atoms with Crippen LogP contribution in [0.3, 0.4) is 0 Å². The Morgan fingerprint density at radius 3 is 2.95 bits per heavy atom. The first-order chi connectivity index (χ1) is 9.13. The Hall–Kier alpha value is -1.10. The van der Waals surface area contributed by atoms with E-state index in [4.69, 9.17) is 16.3 Å². The smallest absolute Gasteiger partial charge is 0.236 e. The van der Waals surface area contributed by atoms with Crippen molar-refractivity contribution in [2.24, 2.45) is 0 Å². The highest BCUT2D eigenvalue weighted by atomic mass is 35.5. The minimum Gasteiger partial charge on any atom is -0.369 e. The molecule has 0 saturated carbocycles. The second-order valence-electron chi connectivity index (χ2n) is 4.77. The van der Waals surface area contributed by atoms with E-state index in [2.05, 4.69) is 5.32 Å². The lowest BCUT2D eigenvalue weighted by Crippen LogP contribution is -2.50. The van der Waals surface area contributed by atoms with Crippen molar-refractivity contribution in [1.82, 2.24) is 10.2 Å². The van der Waals surface area contributed by atoms with Crippen LogP contribution in [0.15, 0.2) is 24.3 Å². The molecular weight excluding hydrogens is 264 g/mol. The van der Waals surface area contributed by atoms with Gasteiger partial charge in [0.05, 0.1) is 25.7 Å². The number of carbonyl (C=O) groups is 1. The highest BCUT2D eigenvalue weighted by Gasteiger charge is 2.30. The molecule has 1 heterocycles. The summed E-state index contributed by atoms with van der Waals surface area (Å²) in [7, 11) is 1.77. The zero-order valence-electron chi connectivity index (χ0n) is 11.2. The first-order valence-electron chi connectivity index (χ1n) is 6.43. The normalized spacial score (nSPS) is 23.4. The van der Waals surface area contributed by atoms with Gasteiger partial charge in [0, 0.05) is 10.6 Å². The Morgan fingerprint density at radius 1 is 1.53 bits per heavy atom. The van der Waals surface area contributed by atoms with Crippen LogP contribution in [-0.2, 0) is 9.53 Å². The van der Waals surface area contributed by atoms with Crippen LogP contribution >= 0.6 is 11.6 Å². The molecule has 0 aliphatic carbocycles. The van der Waals surface area contributed by atoms with E-state index in [0.29, 0.717) is 24.7 Å². The molecule has 1 N–H and O–H groups in total. The van der Waals surface area contributed by atoms with Crippen molar-refractivity contribution in [3.63, 3.8) is 0 Å². The summed E-state index contributed by atoms with van der Waals surface area (Å²) in [5, 5.41) is 3.58. The fourth-order valence-corrected chi connectivity index (χ4v) is 2.54. The summed E-state index contributed by atoms with van der Waals surface area (Å²) in [6.45, 7) is 3.42. The topological polar surface area (TPSA) is 41.6 Å². The minimum absolute atomic E-state index is 0.0929. The molecule has 0 radical (unpaired) electrons. The molecule has 1 amide bonds. The van der Waals surface area contributed by atoms with Gasteiger partial charge in [0.15, 0.2) is 0 Å². The Bertz CT molecular complexity index is 453. The van der Waals surface area contributed by atoms with Gasteiger partial charge >= 0.3 is 0 Å². The zero-order chi connectivity index (χ0) is 13.8. The number of nitrogens with one attached hydrogen (secondary N) is 1. The monoisotopic (exact) mass is 282 g/mol. The third-order valence-corrected chi connectivity index (χ3v) is 3.68. The fraction of sp³-hybridized carbons (Fsp3) is 0.500. The molecule has 104 valence electrons. The number of carbonyl (C=O) groups excluding carboxylic acids is 1. The molecule has 2 unspecified atom stereocenters. The maximum atomic E-state index is 12.0. The summed E-state index contributed by atoms with van der Waals surface area (Å²) in [6.07, 6.45) is -0.147. The number of halogens is 1. The van der Waals surface area contributed by atoms with Crippen molar-refractivity contribution in [2.75, 3.05) is 26.7 Å². The largest absolute Gasteiger partial charge is 0.369 e. The van der Waals surface area contributed by atoms with Crippen LogP contribution in [0.1, 0.15) is 18.6 Å². The van der Waals surface area contributed by atoms with Crippen LogP contribution in [0.2, 0.25) is 5.02 Å². The Kier molecular flexibility index (Phi) is 4.80. The Morgan fingerprint density at radius 2 is 2.26 bits per heavy atom. The fourth-order valence-electron chi connectivity index (χ4n) is 2.28. The number of hydrogen-bond donors (Lipinski definition) is 1. The SMILES string of the molecule is CNCC(=O)N1CC(c2ccccc2Cl)OCC1C. The van der Waals surface area contributed by atoms with Crippen LogP contribution in [0.25, 0.3) is 0 Å². The van der Waals surface area contributed by atoms with Gasteiger partial charge in [-0.25, -0.2) is 0 Å². The van der Waals surface area contributed by atoms with Crippen molar-refractivity contribution < 1.29 is 9.53 Å². The molecule has 0 bridgehead atoms. The van der Waals surface area contributed by atoms with Crippen LogP contribution in [0, 0.1) is 0 Å². The van der Waals surface area contributed by atoms with Crippen molar-refractivity contribution in [3.05, 3.63) is 34.9 Å². The predicted octanol–water partition coefficient (Wildman–Crippen LogP) is 1.85. The van der Waals surface area contributed by atoms with Gasteiger partial charge in [-0.15, -0.1) is 0 Å². The first kappa shape index (κ1) is 14.3. The third kappa shape index (κ3) is 3.26. The maximum absolute atomic E-state index is 12.0. The van der Waals surface area contributed by atoms with E-state index in [1.807, 2.05) is 36.1 Å². The average molecular weight is 283 g/mol. The van der Waals surface area contributed by atoms with Crippen LogP contribution in [0.5, 0.6) is 0 Å². The van der Waals surface area contributed by atoms with Crippen molar-refractivity contribution >= 4 is 17.5 Å². The van der Waals surface area contributed by atoms with E-state index in [1.165, 1.54) is 0 Å². The lowest BCUT2D eigenvalue weighted by molar-refractivity contribution is -0.143. The number of ether oxygens (including phenoxy) is 1. The molecule has 1 aromatic carbocycles. The van der Waals surface area contributed by atoms with Gasteiger partial charge in [-0.05, 0) is 20.0 Å². The van der Waals surface area contributed by atoms with Crippen LogP contribution < -0.4 is 5.32 Å². The number of morpholine rings is 1. The molecular formula is C14H19ClN2O2. The zero-order valence-corrected chi connectivity index (χ0v) is 12.0. The lowest BCUT2D eigenvalue weighted by Gasteiger charge is -2.38. The number of rotatable bonds is 3. The molecule has 1 fully saturated rings. The summed E-state index contributed by atoms with van der Waals surface area (Å²) in [6, 6.07) is 7.71.